The van der Waals surface area contributed by atoms with Crippen LogP contribution < -0.4 is 10.2 Å². The Morgan fingerprint density at radius 1 is 1.12 bits per heavy atom. The molecule has 0 aliphatic carbocycles. The van der Waals surface area contributed by atoms with E-state index in [2.05, 4.69) is 35.3 Å². The van der Waals surface area contributed by atoms with Gasteiger partial charge in [0.2, 0.25) is 0 Å². The molecule has 1 aromatic heterocycles. The zero-order valence-corrected chi connectivity index (χ0v) is 15.1. The van der Waals surface area contributed by atoms with Gasteiger partial charge in [0.25, 0.3) is 0 Å². The highest BCUT2D eigenvalue weighted by atomic mass is 32.1. The second kappa shape index (κ2) is 7.73. The third-order valence-electron chi connectivity index (χ3n) is 4.61. The van der Waals surface area contributed by atoms with Gasteiger partial charge >= 0.3 is 0 Å². The van der Waals surface area contributed by atoms with Crippen LogP contribution in [0.3, 0.4) is 0 Å². The Morgan fingerprint density at radius 3 is 2.54 bits per heavy atom. The minimum atomic E-state index is 0.546. The topological polar surface area (TPSA) is 31.4 Å². The van der Waals surface area contributed by atoms with E-state index in [0.717, 1.165) is 30.3 Å². The number of hydrogen-bond acceptors (Lipinski definition) is 4. The van der Waals surface area contributed by atoms with Crippen molar-refractivity contribution in [1.82, 2.24) is 9.88 Å². The molecule has 0 atom stereocenters. The third-order valence-corrected chi connectivity index (χ3v) is 4.95. The number of aromatic nitrogens is 1. The van der Waals surface area contributed by atoms with Crippen LogP contribution in [0.1, 0.15) is 18.4 Å². The van der Waals surface area contributed by atoms with Crippen LogP contribution in [-0.4, -0.2) is 48.1 Å². The molecule has 2 aromatic rings. The third kappa shape index (κ3) is 4.10. The smallest absolute Gasteiger partial charge is 0.133 e. The van der Waals surface area contributed by atoms with Gasteiger partial charge in [-0.2, -0.15) is 0 Å². The number of pyridine rings is 1. The van der Waals surface area contributed by atoms with Crippen molar-refractivity contribution in [2.75, 3.05) is 37.4 Å². The van der Waals surface area contributed by atoms with Gasteiger partial charge in [-0.05, 0) is 45.1 Å². The van der Waals surface area contributed by atoms with Crippen LogP contribution in [0.4, 0.5) is 11.6 Å². The van der Waals surface area contributed by atoms with Gasteiger partial charge in [0.1, 0.15) is 16.6 Å². The number of likely N-dealkylation sites (tertiary alicyclic amines) is 1. The molecule has 1 saturated heterocycles. The monoisotopic (exact) mass is 340 g/mol. The molecule has 0 saturated carbocycles. The quantitative estimate of drug-likeness (QED) is 0.862. The number of hydrogen-bond donors (Lipinski definition) is 1. The maximum atomic E-state index is 5.48. The molecule has 2 heterocycles. The van der Waals surface area contributed by atoms with Crippen LogP contribution in [0, 0.1) is 0 Å². The van der Waals surface area contributed by atoms with Gasteiger partial charge in [0.15, 0.2) is 0 Å². The summed E-state index contributed by atoms with van der Waals surface area (Å²) in [5, 5.41) is 3.25. The van der Waals surface area contributed by atoms with Crippen LogP contribution in [0.15, 0.2) is 48.5 Å². The molecule has 0 unspecified atom stereocenters. The van der Waals surface area contributed by atoms with Gasteiger partial charge in [-0.25, -0.2) is 4.98 Å². The number of anilines is 2. The first-order valence-electron chi connectivity index (χ1n) is 8.38. The van der Waals surface area contributed by atoms with E-state index in [1.807, 2.05) is 42.5 Å². The molecular formula is C19H24N4S. The molecule has 0 amide bonds. The first-order valence-corrected chi connectivity index (χ1v) is 8.79. The lowest BCUT2D eigenvalue weighted by atomic mass is 10.0. The Kier molecular flexibility index (Phi) is 5.43. The number of nitrogens with one attached hydrogen (secondary N) is 1. The highest BCUT2D eigenvalue weighted by Crippen LogP contribution is 2.21. The molecule has 0 spiro atoms. The average Bonchev–Trinajstić information content (AvgIpc) is 2.63. The van der Waals surface area contributed by atoms with Crippen molar-refractivity contribution in [3.8, 4) is 0 Å². The van der Waals surface area contributed by atoms with Crippen molar-refractivity contribution < 1.29 is 0 Å². The summed E-state index contributed by atoms with van der Waals surface area (Å²) in [5.41, 5.74) is 1.00. The number of nitrogens with zero attached hydrogens (tertiary/aromatic N) is 3. The molecule has 1 N–H and O–H groups in total. The van der Waals surface area contributed by atoms with Crippen molar-refractivity contribution in [3.63, 3.8) is 0 Å². The Morgan fingerprint density at radius 2 is 1.83 bits per heavy atom. The fourth-order valence-corrected chi connectivity index (χ4v) is 3.28. The zero-order valence-electron chi connectivity index (χ0n) is 14.3. The van der Waals surface area contributed by atoms with Gasteiger partial charge < -0.3 is 15.1 Å². The van der Waals surface area contributed by atoms with Crippen LogP contribution in [0.5, 0.6) is 0 Å². The molecule has 1 aromatic carbocycles. The largest absolute Gasteiger partial charge is 0.357 e. The molecule has 4 nitrogen and oxygen atoms in total. The molecule has 3 rings (SSSR count). The standard InChI is InChI=1S/C19H24N4S/c1-22-13-11-16(12-14-22)23(2)18-10-6-9-17(20-18)21-19(24)15-7-4-3-5-8-15/h3-10,16H,11-14H2,1-2H3,(H,20,21,24). The van der Waals surface area contributed by atoms with Crippen molar-refractivity contribution in [2.24, 2.45) is 0 Å². The Hall–Kier alpha value is -1.98. The summed E-state index contributed by atoms with van der Waals surface area (Å²) in [4.78, 5) is 10.1. The first kappa shape index (κ1) is 16.9. The van der Waals surface area contributed by atoms with E-state index >= 15 is 0 Å². The summed E-state index contributed by atoms with van der Waals surface area (Å²) in [6, 6.07) is 16.6. The van der Waals surface area contributed by atoms with Crippen molar-refractivity contribution >= 4 is 28.8 Å². The summed E-state index contributed by atoms with van der Waals surface area (Å²) in [6.45, 7) is 2.29. The predicted octanol–water partition coefficient (Wildman–Crippen LogP) is 3.40. The maximum absolute atomic E-state index is 5.48. The van der Waals surface area contributed by atoms with Crippen LogP contribution in [0.25, 0.3) is 0 Å². The van der Waals surface area contributed by atoms with Gasteiger partial charge in [0, 0.05) is 18.7 Å². The summed E-state index contributed by atoms with van der Waals surface area (Å²) in [7, 11) is 4.32. The second-order valence-electron chi connectivity index (χ2n) is 6.35. The Bertz CT molecular complexity index is 681. The zero-order chi connectivity index (χ0) is 16.9. The molecule has 0 radical (unpaired) electrons. The van der Waals surface area contributed by atoms with Crippen LogP contribution in [0.2, 0.25) is 0 Å². The predicted molar refractivity (Wildman–Crippen MR) is 105 cm³/mol. The molecule has 1 aliphatic heterocycles. The minimum Gasteiger partial charge on any atom is -0.357 e. The number of thiocarbonyl (C=S) groups is 1. The van der Waals surface area contributed by atoms with Gasteiger partial charge in [-0.15, -0.1) is 0 Å². The second-order valence-corrected chi connectivity index (χ2v) is 6.75. The van der Waals surface area contributed by atoms with Crippen molar-refractivity contribution in [2.45, 2.75) is 18.9 Å². The molecular weight excluding hydrogens is 316 g/mol. The minimum absolute atomic E-state index is 0.546. The molecule has 5 heteroatoms. The van der Waals surface area contributed by atoms with Crippen molar-refractivity contribution in [1.29, 1.82) is 0 Å². The fourth-order valence-electron chi connectivity index (χ4n) is 3.04. The summed E-state index contributed by atoms with van der Waals surface area (Å²) >= 11 is 5.48. The fraction of sp³-hybridized carbons (Fsp3) is 0.368. The lowest BCUT2D eigenvalue weighted by molar-refractivity contribution is 0.252. The lowest BCUT2D eigenvalue weighted by Gasteiger charge is -2.35. The van der Waals surface area contributed by atoms with E-state index < -0.39 is 0 Å². The molecule has 24 heavy (non-hydrogen) atoms. The Labute approximate surface area is 149 Å². The number of benzene rings is 1. The summed E-state index contributed by atoms with van der Waals surface area (Å²) in [6.07, 6.45) is 2.35. The molecule has 1 aliphatic rings. The molecule has 126 valence electrons. The maximum Gasteiger partial charge on any atom is 0.133 e. The number of piperidine rings is 1. The molecule has 0 bridgehead atoms. The summed E-state index contributed by atoms with van der Waals surface area (Å²) in [5.74, 6) is 1.78. The number of rotatable bonds is 4. The lowest BCUT2D eigenvalue weighted by Crippen LogP contribution is -2.42. The van der Waals surface area contributed by atoms with Gasteiger partial charge in [-0.1, -0.05) is 48.6 Å². The van der Waals surface area contributed by atoms with E-state index in [4.69, 9.17) is 17.2 Å². The summed E-state index contributed by atoms with van der Waals surface area (Å²) < 4.78 is 0. The van der Waals surface area contributed by atoms with E-state index in [0.29, 0.717) is 11.0 Å². The Balaban J connectivity index is 1.68. The van der Waals surface area contributed by atoms with Crippen molar-refractivity contribution in [3.05, 3.63) is 54.1 Å². The average molecular weight is 340 g/mol. The normalized spacial score (nSPS) is 15.9. The van der Waals surface area contributed by atoms with Crippen LogP contribution in [-0.2, 0) is 0 Å². The van der Waals surface area contributed by atoms with E-state index in [1.54, 1.807) is 0 Å². The van der Waals surface area contributed by atoms with E-state index in [-0.39, 0.29) is 0 Å². The van der Waals surface area contributed by atoms with E-state index in [1.165, 1.54) is 12.8 Å². The van der Waals surface area contributed by atoms with Crippen LogP contribution >= 0.6 is 12.2 Å². The molecule has 1 fully saturated rings. The highest BCUT2D eigenvalue weighted by Gasteiger charge is 2.21. The van der Waals surface area contributed by atoms with E-state index in [9.17, 15) is 0 Å². The van der Waals surface area contributed by atoms with Gasteiger partial charge in [0.05, 0.1) is 0 Å². The first-order chi connectivity index (χ1) is 11.6. The van der Waals surface area contributed by atoms with Gasteiger partial charge in [-0.3, -0.25) is 0 Å². The SMILES string of the molecule is CN1CCC(N(C)c2cccc(NC(=S)c3ccccc3)n2)CC1. The highest BCUT2D eigenvalue weighted by molar-refractivity contribution is 7.81.